The standard InChI is InChI=1S/C48H62O12/c1-4-54-46(49)28-19-39-13-22-42(23-14-39)57-33-9-7-31-52-37-45(60-36-12-11-35-59-44-26-17-41(18-27-44)21-30-48(51)56-6-3)38-53-32-8-10-34-58-43-24-15-40(16-25-43)20-29-47(50)55-5-2/h13-30,45H,4-12,31-38H2,1-3H3/b28-19+,29-20+,30-21+. The van der Waals surface area contributed by atoms with Crippen molar-refractivity contribution in [3.05, 3.63) is 108 Å². The molecule has 0 atom stereocenters. The highest BCUT2D eigenvalue weighted by atomic mass is 16.6. The Hall–Kier alpha value is -5.43. The van der Waals surface area contributed by atoms with Gasteiger partial charge in [0.25, 0.3) is 0 Å². The molecular formula is C48H62O12. The Labute approximate surface area is 355 Å². The van der Waals surface area contributed by atoms with Crippen LogP contribution in [0.4, 0.5) is 0 Å². The first-order valence-electron chi connectivity index (χ1n) is 20.9. The lowest BCUT2D eigenvalue weighted by Crippen LogP contribution is -2.27. The van der Waals surface area contributed by atoms with Crippen molar-refractivity contribution >= 4 is 36.1 Å². The van der Waals surface area contributed by atoms with Crippen LogP contribution >= 0.6 is 0 Å². The van der Waals surface area contributed by atoms with Gasteiger partial charge in [-0.2, -0.15) is 0 Å². The van der Waals surface area contributed by atoms with Crippen LogP contribution in [0.5, 0.6) is 17.2 Å². The summed E-state index contributed by atoms with van der Waals surface area (Å²) in [5, 5.41) is 0. The molecule has 0 aliphatic heterocycles. The molecule has 60 heavy (non-hydrogen) atoms. The highest BCUT2D eigenvalue weighted by molar-refractivity contribution is 5.88. The Bertz CT molecular complexity index is 1610. The largest absolute Gasteiger partial charge is 0.494 e. The Morgan fingerprint density at radius 3 is 1.05 bits per heavy atom. The molecule has 0 aliphatic rings. The zero-order valence-electron chi connectivity index (χ0n) is 35.4. The Balaban J connectivity index is 1.33. The summed E-state index contributed by atoms with van der Waals surface area (Å²) in [6.45, 7) is 10.6. The number of hydrogen-bond acceptors (Lipinski definition) is 12. The van der Waals surface area contributed by atoms with Gasteiger partial charge in [-0.3, -0.25) is 0 Å². The molecule has 0 spiro atoms. The molecule has 12 heteroatoms. The number of carbonyl (C=O) groups excluding carboxylic acids is 3. The molecule has 0 N–H and O–H groups in total. The molecule has 326 valence electrons. The maximum absolute atomic E-state index is 11.5. The molecule has 0 radical (unpaired) electrons. The first-order valence-corrected chi connectivity index (χ1v) is 20.9. The topological polar surface area (TPSA) is 134 Å². The van der Waals surface area contributed by atoms with Gasteiger partial charge in [-0.1, -0.05) is 36.4 Å². The number of ether oxygens (including phenoxy) is 9. The van der Waals surface area contributed by atoms with E-state index in [0.717, 1.165) is 72.5 Å². The summed E-state index contributed by atoms with van der Waals surface area (Å²) in [6, 6.07) is 22.6. The van der Waals surface area contributed by atoms with Crippen LogP contribution in [0.25, 0.3) is 18.2 Å². The molecule has 3 rings (SSSR count). The van der Waals surface area contributed by atoms with Crippen LogP contribution in [0.3, 0.4) is 0 Å². The number of carbonyl (C=O) groups is 3. The molecule has 3 aromatic carbocycles. The Morgan fingerprint density at radius 2 is 0.733 bits per heavy atom. The van der Waals surface area contributed by atoms with Crippen molar-refractivity contribution in [3.8, 4) is 17.2 Å². The monoisotopic (exact) mass is 830 g/mol. The molecule has 0 saturated carbocycles. The second-order valence-corrected chi connectivity index (χ2v) is 13.3. The zero-order chi connectivity index (χ0) is 42.9. The van der Waals surface area contributed by atoms with E-state index in [1.165, 1.54) is 18.2 Å². The lowest BCUT2D eigenvalue weighted by atomic mass is 10.2. The van der Waals surface area contributed by atoms with E-state index in [1.54, 1.807) is 39.0 Å². The quantitative estimate of drug-likeness (QED) is 0.0258. The normalized spacial score (nSPS) is 11.4. The third-order valence-electron chi connectivity index (χ3n) is 8.41. The van der Waals surface area contributed by atoms with E-state index < -0.39 is 0 Å². The molecule has 0 heterocycles. The highest BCUT2D eigenvalue weighted by Gasteiger charge is 2.11. The Morgan fingerprint density at radius 1 is 0.433 bits per heavy atom. The molecule has 0 fully saturated rings. The Kier molecular flexibility index (Phi) is 25.7. The first-order chi connectivity index (χ1) is 29.4. The van der Waals surface area contributed by atoms with Gasteiger partial charge in [-0.15, -0.1) is 0 Å². The van der Waals surface area contributed by atoms with Gasteiger partial charge in [0.1, 0.15) is 23.4 Å². The van der Waals surface area contributed by atoms with Crippen LogP contribution in [0, 0.1) is 0 Å². The number of rotatable bonds is 32. The summed E-state index contributed by atoms with van der Waals surface area (Å²) in [7, 11) is 0. The van der Waals surface area contributed by atoms with Crippen molar-refractivity contribution in [1.82, 2.24) is 0 Å². The van der Waals surface area contributed by atoms with E-state index in [0.29, 0.717) is 72.7 Å². The lowest BCUT2D eigenvalue weighted by molar-refractivity contribution is -0.138. The van der Waals surface area contributed by atoms with Crippen molar-refractivity contribution in [2.75, 3.05) is 72.7 Å². The van der Waals surface area contributed by atoms with E-state index in [2.05, 4.69) is 0 Å². The molecular weight excluding hydrogens is 769 g/mol. The van der Waals surface area contributed by atoms with Gasteiger partial charge >= 0.3 is 17.9 Å². The first kappa shape index (κ1) is 48.9. The maximum atomic E-state index is 11.5. The fourth-order valence-corrected chi connectivity index (χ4v) is 5.30. The maximum Gasteiger partial charge on any atom is 0.330 e. The summed E-state index contributed by atoms with van der Waals surface area (Å²) in [5.41, 5.74) is 2.66. The fraction of sp³-hybridized carbons (Fsp3) is 0.438. The van der Waals surface area contributed by atoms with Crippen LogP contribution in [-0.4, -0.2) is 96.7 Å². The molecule has 0 saturated heterocycles. The number of esters is 3. The van der Waals surface area contributed by atoms with Gasteiger partial charge < -0.3 is 42.6 Å². The van der Waals surface area contributed by atoms with Crippen LogP contribution in [0.1, 0.15) is 76.0 Å². The van der Waals surface area contributed by atoms with Crippen molar-refractivity contribution < 1.29 is 57.0 Å². The minimum Gasteiger partial charge on any atom is -0.494 e. The third-order valence-corrected chi connectivity index (χ3v) is 8.41. The molecule has 12 nitrogen and oxygen atoms in total. The minimum absolute atomic E-state index is 0.207. The smallest absolute Gasteiger partial charge is 0.330 e. The molecule has 0 bridgehead atoms. The van der Waals surface area contributed by atoms with Gasteiger partial charge in [-0.25, -0.2) is 14.4 Å². The van der Waals surface area contributed by atoms with Gasteiger partial charge in [0.15, 0.2) is 0 Å². The number of benzene rings is 3. The van der Waals surface area contributed by atoms with E-state index in [9.17, 15) is 14.4 Å². The second-order valence-electron chi connectivity index (χ2n) is 13.3. The molecule has 0 aromatic heterocycles. The predicted octanol–water partition coefficient (Wildman–Crippen LogP) is 8.71. The molecule has 0 unspecified atom stereocenters. The summed E-state index contributed by atoms with van der Waals surface area (Å²) >= 11 is 0. The van der Waals surface area contributed by atoms with Crippen LogP contribution in [-0.2, 0) is 42.8 Å². The molecule has 3 aromatic rings. The van der Waals surface area contributed by atoms with Crippen LogP contribution in [0.15, 0.2) is 91.0 Å². The van der Waals surface area contributed by atoms with Gasteiger partial charge in [0.2, 0.25) is 0 Å². The average Bonchev–Trinajstić information content (AvgIpc) is 3.26. The highest BCUT2D eigenvalue weighted by Crippen LogP contribution is 2.16. The summed E-state index contributed by atoms with van der Waals surface area (Å²) in [4.78, 5) is 34.6. The van der Waals surface area contributed by atoms with Gasteiger partial charge in [-0.05, 0) is 131 Å². The number of unbranched alkanes of at least 4 members (excludes halogenated alkanes) is 3. The molecule has 0 aliphatic carbocycles. The van der Waals surface area contributed by atoms with Crippen LogP contribution in [0.2, 0.25) is 0 Å². The third kappa shape index (κ3) is 23.2. The predicted molar refractivity (Wildman–Crippen MR) is 232 cm³/mol. The summed E-state index contributed by atoms with van der Waals surface area (Å²) in [5.74, 6) is 1.20. The lowest BCUT2D eigenvalue weighted by Gasteiger charge is -2.18. The average molecular weight is 831 g/mol. The van der Waals surface area contributed by atoms with Crippen LogP contribution < -0.4 is 14.2 Å². The van der Waals surface area contributed by atoms with E-state index >= 15 is 0 Å². The number of hydrogen-bond donors (Lipinski definition) is 0. The second kappa shape index (κ2) is 31.5. The SMILES string of the molecule is CCOC(=O)/C=C/c1ccc(OCCCCOCC(COCCCCOc2ccc(/C=C/C(=O)OCC)cc2)OCCCCOc2ccc(/C=C/C(=O)OCC)cc2)cc1. The van der Waals surface area contributed by atoms with Crippen molar-refractivity contribution in [3.63, 3.8) is 0 Å². The van der Waals surface area contributed by atoms with Crippen molar-refractivity contribution in [2.24, 2.45) is 0 Å². The molecule has 0 amide bonds. The van der Waals surface area contributed by atoms with E-state index in [4.69, 9.17) is 42.6 Å². The van der Waals surface area contributed by atoms with E-state index in [-0.39, 0.29) is 24.0 Å². The fourth-order valence-electron chi connectivity index (χ4n) is 5.30. The van der Waals surface area contributed by atoms with Crippen molar-refractivity contribution in [1.29, 1.82) is 0 Å². The summed E-state index contributed by atoms with van der Waals surface area (Å²) in [6.07, 6.45) is 14.1. The van der Waals surface area contributed by atoms with Gasteiger partial charge in [0.05, 0.1) is 52.9 Å². The zero-order valence-corrected chi connectivity index (χ0v) is 35.4. The van der Waals surface area contributed by atoms with Gasteiger partial charge in [0, 0.05) is 38.0 Å². The van der Waals surface area contributed by atoms with E-state index in [1.807, 2.05) is 72.8 Å². The minimum atomic E-state index is -0.366. The summed E-state index contributed by atoms with van der Waals surface area (Å²) < 4.78 is 50.6. The van der Waals surface area contributed by atoms with Crippen molar-refractivity contribution in [2.45, 2.75) is 65.4 Å².